The van der Waals surface area contributed by atoms with E-state index in [4.69, 9.17) is 0 Å². The lowest BCUT2D eigenvalue weighted by Gasteiger charge is -2.11. The fraction of sp³-hybridized carbons (Fsp3) is 0.0455. The maximum atomic E-state index is 13.0. The number of hydrogen-bond donors (Lipinski definition) is 1. The van der Waals surface area contributed by atoms with Gasteiger partial charge < -0.3 is 5.11 Å². The van der Waals surface area contributed by atoms with Crippen LogP contribution in [-0.2, 0) is 9.84 Å². The van der Waals surface area contributed by atoms with E-state index in [1.165, 1.54) is 36.4 Å². The van der Waals surface area contributed by atoms with Gasteiger partial charge in [-0.1, -0.05) is 48.6 Å². The van der Waals surface area contributed by atoms with E-state index in [1.54, 1.807) is 49.4 Å². The summed E-state index contributed by atoms with van der Waals surface area (Å²) in [5.41, 5.74) is 1.69. The highest BCUT2D eigenvalue weighted by molar-refractivity contribution is 7.91. The lowest BCUT2D eigenvalue weighted by atomic mass is 10.1. The van der Waals surface area contributed by atoms with E-state index in [0.717, 1.165) is 11.1 Å². The summed E-state index contributed by atoms with van der Waals surface area (Å²) in [4.78, 5) is 11.3. The van der Waals surface area contributed by atoms with Crippen molar-refractivity contribution < 1.29 is 22.7 Å². The third kappa shape index (κ3) is 4.02. The van der Waals surface area contributed by atoms with Gasteiger partial charge in [0.15, 0.2) is 0 Å². The third-order valence-corrected chi connectivity index (χ3v) is 6.21. The van der Waals surface area contributed by atoms with Crippen molar-refractivity contribution in [2.45, 2.75) is 16.7 Å². The molecule has 0 saturated heterocycles. The normalized spacial score (nSPS) is 11.6. The average Bonchev–Trinajstić information content (AvgIpc) is 2.67. The van der Waals surface area contributed by atoms with Gasteiger partial charge in [-0.25, -0.2) is 17.6 Å². The number of halogens is 1. The van der Waals surface area contributed by atoms with Crippen LogP contribution in [0.25, 0.3) is 12.2 Å². The summed E-state index contributed by atoms with van der Waals surface area (Å²) >= 11 is 0. The van der Waals surface area contributed by atoms with E-state index >= 15 is 0 Å². The zero-order valence-corrected chi connectivity index (χ0v) is 15.8. The number of sulfone groups is 1. The monoisotopic (exact) mass is 396 g/mol. The van der Waals surface area contributed by atoms with Crippen LogP contribution < -0.4 is 0 Å². The van der Waals surface area contributed by atoms with Crippen molar-refractivity contribution >= 4 is 28.0 Å². The smallest absolute Gasteiger partial charge is 0.337 e. The minimum Gasteiger partial charge on any atom is -0.478 e. The fourth-order valence-corrected chi connectivity index (χ4v) is 4.49. The molecule has 0 aliphatic carbocycles. The fourth-order valence-electron chi connectivity index (χ4n) is 2.82. The first kappa shape index (κ1) is 19.5. The second-order valence-electron chi connectivity index (χ2n) is 6.21. The molecule has 3 aromatic rings. The van der Waals surface area contributed by atoms with Crippen molar-refractivity contribution in [3.63, 3.8) is 0 Å². The first-order valence-electron chi connectivity index (χ1n) is 8.41. The lowest BCUT2D eigenvalue weighted by molar-refractivity contribution is 0.0692. The molecule has 3 aromatic carbocycles. The second kappa shape index (κ2) is 7.78. The third-order valence-electron chi connectivity index (χ3n) is 4.24. The van der Waals surface area contributed by atoms with Gasteiger partial charge in [-0.3, -0.25) is 0 Å². The number of aromatic carboxylic acids is 1. The molecule has 0 atom stereocenters. The summed E-state index contributed by atoms with van der Waals surface area (Å²) in [7, 11) is -3.98. The summed E-state index contributed by atoms with van der Waals surface area (Å²) in [5.74, 6) is -1.61. The molecule has 0 aliphatic heterocycles. The summed E-state index contributed by atoms with van der Waals surface area (Å²) in [6.07, 6.45) is 3.56. The molecular formula is C22H17FO4S. The Bertz CT molecular complexity index is 1150. The number of carboxylic acid groups (broad SMARTS) is 1. The van der Waals surface area contributed by atoms with Crippen LogP contribution in [0.1, 0.15) is 27.0 Å². The molecule has 3 rings (SSSR count). The largest absolute Gasteiger partial charge is 0.478 e. The lowest BCUT2D eigenvalue weighted by Crippen LogP contribution is -2.11. The Kier molecular flexibility index (Phi) is 5.42. The molecule has 0 spiro atoms. The van der Waals surface area contributed by atoms with Crippen molar-refractivity contribution in [2.75, 3.05) is 0 Å². The highest BCUT2D eigenvalue weighted by atomic mass is 32.2. The highest BCUT2D eigenvalue weighted by Crippen LogP contribution is 2.28. The molecule has 0 saturated carbocycles. The molecule has 142 valence electrons. The van der Waals surface area contributed by atoms with E-state index in [-0.39, 0.29) is 21.2 Å². The molecule has 0 aromatic heterocycles. The molecule has 0 heterocycles. The van der Waals surface area contributed by atoms with Crippen molar-refractivity contribution in [2.24, 2.45) is 0 Å². The summed E-state index contributed by atoms with van der Waals surface area (Å²) < 4.78 is 38.9. The van der Waals surface area contributed by atoms with E-state index in [2.05, 4.69) is 0 Å². The number of carboxylic acids is 1. The molecule has 4 nitrogen and oxygen atoms in total. The molecule has 0 aliphatic rings. The number of benzene rings is 3. The zero-order valence-electron chi connectivity index (χ0n) is 15.0. The number of aryl methyl sites for hydroxylation is 1. The van der Waals surface area contributed by atoms with Crippen molar-refractivity contribution in [3.8, 4) is 0 Å². The van der Waals surface area contributed by atoms with Crippen molar-refractivity contribution in [1.29, 1.82) is 0 Å². The summed E-state index contributed by atoms with van der Waals surface area (Å²) in [6.45, 7) is 1.57. The van der Waals surface area contributed by atoms with Crippen LogP contribution in [-0.4, -0.2) is 19.5 Å². The van der Waals surface area contributed by atoms with Crippen LogP contribution >= 0.6 is 0 Å². The maximum absolute atomic E-state index is 13.0. The molecule has 0 bridgehead atoms. The molecule has 0 radical (unpaired) electrons. The van der Waals surface area contributed by atoms with Gasteiger partial charge >= 0.3 is 5.97 Å². The number of hydrogen-bond acceptors (Lipinski definition) is 3. The number of carbonyl (C=O) groups is 1. The molecule has 0 unspecified atom stereocenters. The molecule has 28 heavy (non-hydrogen) atoms. The summed E-state index contributed by atoms with van der Waals surface area (Å²) in [5, 5.41) is 9.34. The Morgan fingerprint density at radius 3 is 1.96 bits per heavy atom. The minimum absolute atomic E-state index is 0.0169. The predicted molar refractivity (Wildman–Crippen MR) is 105 cm³/mol. The number of rotatable bonds is 5. The van der Waals surface area contributed by atoms with Crippen LogP contribution in [0.2, 0.25) is 0 Å². The van der Waals surface area contributed by atoms with Crippen LogP contribution in [0, 0.1) is 12.7 Å². The van der Waals surface area contributed by atoms with E-state index in [1.807, 2.05) is 0 Å². The van der Waals surface area contributed by atoms with E-state index in [9.17, 15) is 22.7 Å². The van der Waals surface area contributed by atoms with Gasteiger partial charge in [0, 0.05) is 0 Å². The second-order valence-corrected chi connectivity index (χ2v) is 8.10. The Morgan fingerprint density at radius 1 is 0.893 bits per heavy atom. The Hall–Kier alpha value is -3.25. The van der Waals surface area contributed by atoms with Gasteiger partial charge in [-0.15, -0.1) is 0 Å². The molecule has 1 N–H and O–H groups in total. The van der Waals surface area contributed by atoms with Gasteiger partial charge in [0.05, 0.1) is 15.4 Å². The van der Waals surface area contributed by atoms with Crippen LogP contribution in [0.5, 0.6) is 0 Å². The van der Waals surface area contributed by atoms with Gasteiger partial charge in [0.1, 0.15) is 5.82 Å². The Balaban J connectivity index is 1.93. The quantitative estimate of drug-likeness (QED) is 0.627. The van der Waals surface area contributed by atoms with Crippen molar-refractivity contribution in [1.82, 2.24) is 0 Å². The van der Waals surface area contributed by atoms with Gasteiger partial charge in [-0.2, -0.15) is 0 Å². The standard InChI is InChI=1S/C22H17FO4S/c1-15-3-2-4-20(22(24)25)21(15)28(26,27)19-13-9-17(10-14-19)6-5-16-7-11-18(23)12-8-16/h2-14H,1H3,(H,24,25). The minimum atomic E-state index is -3.98. The zero-order chi connectivity index (χ0) is 20.3. The molecule has 0 fully saturated rings. The Morgan fingerprint density at radius 2 is 1.43 bits per heavy atom. The molecular weight excluding hydrogens is 379 g/mol. The predicted octanol–water partition coefficient (Wildman–Crippen LogP) is 4.84. The Labute approximate surface area is 162 Å². The summed E-state index contributed by atoms with van der Waals surface area (Å²) in [6, 6.07) is 16.5. The van der Waals surface area contributed by atoms with Gasteiger partial charge in [0.25, 0.3) is 0 Å². The first-order chi connectivity index (χ1) is 13.3. The van der Waals surface area contributed by atoms with E-state index < -0.39 is 15.8 Å². The molecule has 6 heteroatoms. The average molecular weight is 396 g/mol. The van der Waals surface area contributed by atoms with E-state index in [0.29, 0.717) is 5.56 Å². The van der Waals surface area contributed by atoms with Crippen LogP contribution in [0.3, 0.4) is 0 Å². The van der Waals surface area contributed by atoms with Gasteiger partial charge in [-0.05, 0) is 53.9 Å². The first-order valence-corrected chi connectivity index (χ1v) is 9.89. The maximum Gasteiger partial charge on any atom is 0.337 e. The topological polar surface area (TPSA) is 71.4 Å². The highest BCUT2D eigenvalue weighted by Gasteiger charge is 2.26. The van der Waals surface area contributed by atoms with Crippen molar-refractivity contribution in [3.05, 3.63) is 94.8 Å². The van der Waals surface area contributed by atoms with Gasteiger partial charge in [0.2, 0.25) is 9.84 Å². The van der Waals surface area contributed by atoms with Crippen LogP contribution in [0.15, 0.2) is 76.5 Å². The van der Waals surface area contributed by atoms with Crippen LogP contribution in [0.4, 0.5) is 4.39 Å². The SMILES string of the molecule is Cc1cccc(C(=O)O)c1S(=O)(=O)c1ccc(C=Cc2ccc(F)cc2)cc1. The molecule has 0 amide bonds.